The molecule has 1 amide bonds. The maximum absolute atomic E-state index is 13.5. The molecule has 1 fully saturated rings. The second-order valence-corrected chi connectivity index (χ2v) is 8.88. The summed E-state index contributed by atoms with van der Waals surface area (Å²) in [6.45, 7) is 3.82. The van der Waals surface area contributed by atoms with Crippen LogP contribution in [0.4, 0.5) is 4.39 Å². The van der Waals surface area contributed by atoms with Crippen molar-refractivity contribution in [3.63, 3.8) is 0 Å². The molecule has 192 valence electrons. The van der Waals surface area contributed by atoms with Crippen LogP contribution in [0, 0.1) is 5.82 Å². The number of fused-ring (bicyclic) bond motifs is 1. The van der Waals surface area contributed by atoms with Gasteiger partial charge in [0, 0.05) is 44.8 Å². The van der Waals surface area contributed by atoms with Crippen LogP contribution in [0.15, 0.2) is 53.7 Å². The molecule has 10 nitrogen and oxygen atoms in total. The molecule has 1 saturated heterocycles. The van der Waals surface area contributed by atoms with Crippen LogP contribution in [0.25, 0.3) is 11.0 Å². The number of imidazole rings is 1. The first kappa shape index (κ1) is 24.6. The van der Waals surface area contributed by atoms with Crippen LogP contribution >= 0.6 is 0 Å². The number of aromatic nitrogens is 4. The molecule has 0 atom stereocenters. The molecule has 1 aliphatic heterocycles. The van der Waals surface area contributed by atoms with E-state index in [0.29, 0.717) is 44.1 Å². The number of nitrogens with zero attached hydrogens (tertiary/aromatic N) is 4. The Labute approximate surface area is 211 Å². The van der Waals surface area contributed by atoms with Crippen molar-refractivity contribution in [3.8, 4) is 5.75 Å². The van der Waals surface area contributed by atoms with E-state index in [9.17, 15) is 19.1 Å². The molecule has 0 spiro atoms. The molecule has 0 saturated carbocycles. The minimum Gasteiger partial charge on any atom is -0.505 e. The van der Waals surface area contributed by atoms with Gasteiger partial charge in [0.2, 0.25) is 0 Å². The molecular weight excluding hydrogens is 479 g/mol. The van der Waals surface area contributed by atoms with Crippen LogP contribution in [-0.2, 0) is 17.7 Å². The number of halogens is 1. The van der Waals surface area contributed by atoms with Crippen molar-refractivity contribution < 1.29 is 19.0 Å². The van der Waals surface area contributed by atoms with E-state index in [1.165, 1.54) is 16.7 Å². The minimum absolute atomic E-state index is 0.0539. The van der Waals surface area contributed by atoms with E-state index in [0.717, 1.165) is 24.2 Å². The Morgan fingerprint density at radius 3 is 2.68 bits per heavy atom. The van der Waals surface area contributed by atoms with Crippen LogP contribution in [0.3, 0.4) is 0 Å². The average molecular weight is 507 g/mol. The number of nitrogens with one attached hydrogen (secondary N) is 2. The molecule has 4 heterocycles. The number of benzene rings is 1. The summed E-state index contributed by atoms with van der Waals surface area (Å²) in [6.07, 6.45) is 5.23. The molecule has 3 aromatic heterocycles. The number of carbonyl (C=O) groups excluding carboxylic acids is 1. The van der Waals surface area contributed by atoms with Crippen molar-refractivity contribution in [2.75, 3.05) is 39.4 Å². The van der Waals surface area contributed by atoms with Crippen molar-refractivity contribution >= 4 is 16.9 Å². The second kappa shape index (κ2) is 10.9. The molecule has 5 rings (SSSR count). The van der Waals surface area contributed by atoms with Gasteiger partial charge in [-0.25, -0.2) is 9.37 Å². The second-order valence-electron chi connectivity index (χ2n) is 8.88. The topological polar surface area (TPSA) is 125 Å². The minimum atomic E-state index is -0.664. The van der Waals surface area contributed by atoms with Gasteiger partial charge in [0.05, 0.1) is 25.3 Å². The molecular formula is C26H27FN6O4. The maximum atomic E-state index is 13.5. The molecule has 0 radical (unpaired) electrons. The lowest BCUT2D eigenvalue weighted by molar-refractivity contribution is 0.0383. The van der Waals surface area contributed by atoms with Gasteiger partial charge in [0.15, 0.2) is 5.75 Å². The summed E-state index contributed by atoms with van der Waals surface area (Å²) in [5.41, 5.74) is 1.11. The average Bonchev–Trinajstić information content (AvgIpc) is 3.42. The zero-order chi connectivity index (χ0) is 25.8. The monoisotopic (exact) mass is 506 g/mol. The number of hydrogen-bond donors (Lipinski definition) is 3. The molecule has 4 aromatic rings. The van der Waals surface area contributed by atoms with Gasteiger partial charge in [-0.05, 0) is 35.7 Å². The predicted octanol–water partition coefficient (Wildman–Crippen LogP) is 1.67. The largest absolute Gasteiger partial charge is 0.505 e. The van der Waals surface area contributed by atoms with E-state index >= 15 is 0 Å². The Bertz CT molecular complexity index is 1450. The predicted molar refractivity (Wildman–Crippen MR) is 134 cm³/mol. The fraction of sp³-hybridized carbons (Fsp3) is 0.308. The number of rotatable bonds is 8. The van der Waals surface area contributed by atoms with E-state index in [2.05, 4.69) is 25.2 Å². The third kappa shape index (κ3) is 5.52. The first-order chi connectivity index (χ1) is 18.0. The Hall–Kier alpha value is -4.09. The molecule has 1 aromatic carbocycles. The van der Waals surface area contributed by atoms with E-state index < -0.39 is 17.2 Å². The Balaban J connectivity index is 1.48. The summed E-state index contributed by atoms with van der Waals surface area (Å²) >= 11 is 0. The van der Waals surface area contributed by atoms with Gasteiger partial charge in [-0.15, -0.1) is 0 Å². The summed E-state index contributed by atoms with van der Waals surface area (Å²) in [5, 5.41) is 13.7. The third-order valence-corrected chi connectivity index (χ3v) is 6.36. The first-order valence-electron chi connectivity index (χ1n) is 12.0. The molecule has 3 N–H and O–H groups in total. The van der Waals surface area contributed by atoms with Crippen molar-refractivity contribution in [1.29, 1.82) is 0 Å². The number of carbonyl (C=O) groups is 1. The molecule has 0 bridgehead atoms. The zero-order valence-electron chi connectivity index (χ0n) is 20.1. The van der Waals surface area contributed by atoms with Crippen LogP contribution in [0.1, 0.15) is 27.3 Å². The van der Waals surface area contributed by atoms with Gasteiger partial charge in [-0.2, -0.15) is 0 Å². The summed E-state index contributed by atoms with van der Waals surface area (Å²) < 4.78 is 20.0. The highest BCUT2D eigenvalue weighted by Crippen LogP contribution is 2.26. The van der Waals surface area contributed by atoms with Gasteiger partial charge < -0.3 is 20.1 Å². The van der Waals surface area contributed by atoms with Crippen LogP contribution < -0.4 is 10.9 Å². The standard InChI is InChI=1S/C26H27FN6O4/c27-19-3-1-17(2-4-19)13-18-14-20-23(31-15-18)24(34)22(26(36)33(20)16-21-28-5-6-29-21)25(35)30-7-8-32-9-11-37-12-10-32/h1-6,14-15,34H,7-13,16H2,(H,28,29)(H,30,35). The highest BCUT2D eigenvalue weighted by atomic mass is 19.1. The highest BCUT2D eigenvalue weighted by molar-refractivity contribution is 6.01. The number of morpholine rings is 1. The van der Waals surface area contributed by atoms with Gasteiger partial charge in [0.25, 0.3) is 11.5 Å². The van der Waals surface area contributed by atoms with Crippen LogP contribution in [-0.4, -0.2) is 74.8 Å². The number of aromatic amines is 1. The highest BCUT2D eigenvalue weighted by Gasteiger charge is 2.24. The zero-order valence-corrected chi connectivity index (χ0v) is 20.1. The molecule has 0 aliphatic carbocycles. The quantitative estimate of drug-likeness (QED) is 0.332. The first-order valence-corrected chi connectivity index (χ1v) is 12.0. The SMILES string of the molecule is O=C(NCCN1CCOCC1)c1c(O)c2ncc(Cc3ccc(F)cc3)cc2n(Cc2ncc[nH]2)c1=O. The van der Waals surface area contributed by atoms with Crippen molar-refractivity contribution in [2.24, 2.45) is 0 Å². The number of ether oxygens (including phenoxy) is 1. The number of H-pyrrole nitrogens is 1. The molecule has 11 heteroatoms. The lowest BCUT2D eigenvalue weighted by atomic mass is 10.1. The Morgan fingerprint density at radius 2 is 1.95 bits per heavy atom. The maximum Gasteiger partial charge on any atom is 0.268 e. The summed E-state index contributed by atoms with van der Waals surface area (Å²) in [6, 6.07) is 7.86. The normalized spacial score (nSPS) is 14.2. The fourth-order valence-corrected chi connectivity index (χ4v) is 4.42. The van der Waals surface area contributed by atoms with Crippen molar-refractivity contribution in [1.82, 2.24) is 29.7 Å². The summed E-state index contributed by atoms with van der Waals surface area (Å²) in [7, 11) is 0. The van der Waals surface area contributed by atoms with Crippen molar-refractivity contribution in [2.45, 2.75) is 13.0 Å². The van der Waals surface area contributed by atoms with Gasteiger partial charge >= 0.3 is 0 Å². The number of hydrogen-bond acceptors (Lipinski definition) is 7. The molecule has 1 aliphatic rings. The molecule has 37 heavy (non-hydrogen) atoms. The fourth-order valence-electron chi connectivity index (χ4n) is 4.42. The van der Waals surface area contributed by atoms with Crippen molar-refractivity contribution in [3.05, 3.63) is 87.6 Å². The summed E-state index contributed by atoms with van der Waals surface area (Å²) in [5.74, 6) is -0.944. The van der Waals surface area contributed by atoms with Gasteiger partial charge in [-0.3, -0.25) is 24.0 Å². The van der Waals surface area contributed by atoms with E-state index in [1.54, 1.807) is 36.8 Å². The van der Waals surface area contributed by atoms with Crippen LogP contribution in [0.5, 0.6) is 5.75 Å². The lowest BCUT2D eigenvalue weighted by Crippen LogP contribution is -2.42. The third-order valence-electron chi connectivity index (χ3n) is 6.36. The Morgan fingerprint density at radius 1 is 1.16 bits per heavy atom. The van der Waals surface area contributed by atoms with Crippen LogP contribution in [0.2, 0.25) is 0 Å². The number of aromatic hydroxyl groups is 1. The summed E-state index contributed by atoms with van der Waals surface area (Å²) in [4.78, 5) is 40.3. The molecule has 0 unspecified atom stereocenters. The van der Waals surface area contributed by atoms with E-state index in [4.69, 9.17) is 4.74 Å². The smallest absolute Gasteiger partial charge is 0.268 e. The van der Waals surface area contributed by atoms with Gasteiger partial charge in [0.1, 0.15) is 22.7 Å². The van der Waals surface area contributed by atoms with E-state index in [-0.39, 0.29) is 23.4 Å². The van der Waals surface area contributed by atoms with E-state index in [1.807, 2.05) is 0 Å². The number of pyridine rings is 2. The Kier molecular flexibility index (Phi) is 7.24. The lowest BCUT2D eigenvalue weighted by Gasteiger charge is -2.26. The number of amides is 1. The van der Waals surface area contributed by atoms with Gasteiger partial charge in [-0.1, -0.05) is 12.1 Å².